The Hall–Kier alpha value is -2.61. The maximum atomic E-state index is 12.0. The molecule has 134 valence electrons. The van der Waals surface area contributed by atoms with E-state index in [0.717, 1.165) is 37.7 Å². The van der Waals surface area contributed by atoms with Crippen LogP contribution in [0.3, 0.4) is 0 Å². The molecule has 0 saturated carbocycles. The average Bonchev–Trinajstić information content (AvgIpc) is 3.14. The van der Waals surface area contributed by atoms with Crippen LogP contribution in [0.4, 0.5) is 10.6 Å². The molecule has 1 saturated heterocycles. The van der Waals surface area contributed by atoms with Crippen molar-refractivity contribution in [2.24, 2.45) is 0 Å². The van der Waals surface area contributed by atoms with Gasteiger partial charge in [-0.2, -0.15) is 5.10 Å². The van der Waals surface area contributed by atoms with E-state index in [1.165, 1.54) is 0 Å². The van der Waals surface area contributed by atoms with Gasteiger partial charge in [-0.25, -0.2) is 9.78 Å². The van der Waals surface area contributed by atoms with Crippen molar-refractivity contribution in [3.8, 4) is 0 Å². The number of urea groups is 1. The first-order valence-electron chi connectivity index (χ1n) is 8.50. The smallest absolute Gasteiger partial charge is 0.315 e. The molecule has 8 nitrogen and oxygen atoms in total. The summed E-state index contributed by atoms with van der Waals surface area (Å²) >= 11 is 0. The Morgan fingerprint density at radius 3 is 2.88 bits per heavy atom. The molecule has 2 aromatic heterocycles. The Bertz CT molecular complexity index is 652. The molecule has 1 atom stereocenters. The SMILES string of the molecule is CC(Cn1cccn1)NC(=O)NCc1ccc(N2CCOCC2)nc1. The minimum absolute atomic E-state index is 0.0123. The van der Waals surface area contributed by atoms with Crippen molar-refractivity contribution in [2.45, 2.75) is 26.1 Å². The van der Waals surface area contributed by atoms with Crippen LogP contribution in [0.25, 0.3) is 0 Å². The van der Waals surface area contributed by atoms with Crippen LogP contribution in [0.1, 0.15) is 12.5 Å². The Morgan fingerprint density at radius 1 is 1.36 bits per heavy atom. The number of rotatable bonds is 6. The second-order valence-electron chi connectivity index (χ2n) is 6.08. The van der Waals surface area contributed by atoms with E-state index in [9.17, 15) is 4.79 Å². The van der Waals surface area contributed by atoms with E-state index < -0.39 is 0 Å². The molecule has 1 aliphatic heterocycles. The molecule has 3 heterocycles. The van der Waals surface area contributed by atoms with Gasteiger partial charge in [0, 0.05) is 44.3 Å². The minimum Gasteiger partial charge on any atom is -0.378 e. The predicted molar refractivity (Wildman–Crippen MR) is 94.3 cm³/mol. The Morgan fingerprint density at radius 2 is 2.20 bits per heavy atom. The van der Waals surface area contributed by atoms with Crippen LogP contribution in [-0.2, 0) is 17.8 Å². The van der Waals surface area contributed by atoms with Crippen LogP contribution in [0.5, 0.6) is 0 Å². The average molecular weight is 344 g/mol. The largest absolute Gasteiger partial charge is 0.378 e. The maximum absolute atomic E-state index is 12.0. The van der Waals surface area contributed by atoms with E-state index in [0.29, 0.717) is 13.1 Å². The molecule has 0 aliphatic carbocycles. The fourth-order valence-corrected chi connectivity index (χ4v) is 2.69. The van der Waals surface area contributed by atoms with Crippen LogP contribution in [0.2, 0.25) is 0 Å². The van der Waals surface area contributed by atoms with Gasteiger partial charge in [0.2, 0.25) is 0 Å². The van der Waals surface area contributed by atoms with E-state index >= 15 is 0 Å². The predicted octanol–water partition coefficient (Wildman–Crippen LogP) is 1.00. The van der Waals surface area contributed by atoms with Crippen LogP contribution < -0.4 is 15.5 Å². The number of nitrogens with one attached hydrogen (secondary N) is 2. The summed E-state index contributed by atoms with van der Waals surface area (Å²) in [5, 5.41) is 9.88. The molecule has 0 aromatic carbocycles. The molecule has 25 heavy (non-hydrogen) atoms. The van der Waals surface area contributed by atoms with Crippen molar-refractivity contribution >= 4 is 11.8 Å². The molecule has 2 amide bonds. The lowest BCUT2D eigenvalue weighted by atomic mass is 10.2. The minimum atomic E-state index is -0.197. The van der Waals surface area contributed by atoms with Crippen LogP contribution in [0, 0.1) is 0 Å². The topological polar surface area (TPSA) is 84.3 Å². The highest BCUT2D eigenvalue weighted by molar-refractivity contribution is 5.74. The highest BCUT2D eigenvalue weighted by atomic mass is 16.5. The summed E-state index contributed by atoms with van der Waals surface area (Å²) in [6, 6.07) is 5.63. The number of hydrogen-bond acceptors (Lipinski definition) is 5. The summed E-state index contributed by atoms with van der Waals surface area (Å²) in [7, 11) is 0. The second-order valence-corrected chi connectivity index (χ2v) is 6.08. The van der Waals surface area contributed by atoms with Gasteiger partial charge in [-0.1, -0.05) is 6.07 Å². The standard InChI is InChI=1S/C17H24N6O2/c1-14(13-23-6-2-5-20-23)21-17(24)19-12-15-3-4-16(18-11-15)22-7-9-25-10-8-22/h2-6,11,14H,7-10,12-13H2,1H3,(H2,19,21,24). The number of anilines is 1. The van der Waals surface area contributed by atoms with Crippen molar-refractivity contribution in [3.63, 3.8) is 0 Å². The number of nitrogens with zero attached hydrogens (tertiary/aromatic N) is 4. The lowest BCUT2D eigenvalue weighted by Gasteiger charge is -2.27. The third-order valence-electron chi connectivity index (χ3n) is 3.99. The number of carbonyl (C=O) groups is 1. The molecule has 1 aliphatic rings. The van der Waals surface area contributed by atoms with Gasteiger partial charge in [0.1, 0.15) is 5.82 Å². The summed E-state index contributed by atoms with van der Waals surface area (Å²) < 4.78 is 7.14. The number of aromatic nitrogens is 3. The molecule has 3 rings (SSSR count). The first-order valence-corrected chi connectivity index (χ1v) is 8.50. The van der Waals surface area contributed by atoms with Gasteiger partial charge in [0.25, 0.3) is 0 Å². The number of pyridine rings is 1. The number of hydrogen-bond donors (Lipinski definition) is 2. The lowest BCUT2D eigenvalue weighted by molar-refractivity contribution is 0.122. The number of amides is 2. The highest BCUT2D eigenvalue weighted by Gasteiger charge is 2.12. The Balaban J connectivity index is 1.42. The summed E-state index contributed by atoms with van der Waals surface area (Å²) in [4.78, 5) is 18.7. The fourth-order valence-electron chi connectivity index (χ4n) is 2.69. The van der Waals surface area contributed by atoms with Gasteiger partial charge in [0.05, 0.1) is 19.8 Å². The first-order chi connectivity index (χ1) is 12.2. The van der Waals surface area contributed by atoms with E-state index in [1.54, 1.807) is 17.1 Å². The molecule has 1 unspecified atom stereocenters. The molecular formula is C17H24N6O2. The van der Waals surface area contributed by atoms with Gasteiger partial charge < -0.3 is 20.3 Å². The number of carbonyl (C=O) groups excluding carboxylic acids is 1. The van der Waals surface area contributed by atoms with Gasteiger partial charge in [-0.05, 0) is 24.6 Å². The zero-order valence-electron chi connectivity index (χ0n) is 14.4. The quantitative estimate of drug-likeness (QED) is 0.817. The summed E-state index contributed by atoms with van der Waals surface area (Å²) in [6.45, 7) is 6.22. The molecule has 2 aromatic rings. The highest BCUT2D eigenvalue weighted by Crippen LogP contribution is 2.12. The van der Waals surface area contributed by atoms with Crippen molar-refractivity contribution in [3.05, 3.63) is 42.4 Å². The summed E-state index contributed by atoms with van der Waals surface area (Å²) in [5.74, 6) is 0.948. The zero-order chi connectivity index (χ0) is 17.5. The Labute approximate surface area is 147 Å². The van der Waals surface area contributed by atoms with Crippen molar-refractivity contribution in [1.82, 2.24) is 25.4 Å². The van der Waals surface area contributed by atoms with E-state index in [4.69, 9.17) is 4.74 Å². The number of morpholine rings is 1. The van der Waals surface area contributed by atoms with Gasteiger partial charge in [-0.15, -0.1) is 0 Å². The van der Waals surface area contributed by atoms with Crippen LogP contribution in [-0.4, -0.2) is 53.1 Å². The monoisotopic (exact) mass is 344 g/mol. The fraction of sp³-hybridized carbons (Fsp3) is 0.471. The van der Waals surface area contributed by atoms with Gasteiger partial charge in [0.15, 0.2) is 0 Å². The normalized spacial score (nSPS) is 15.6. The van der Waals surface area contributed by atoms with Gasteiger partial charge >= 0.3 is 6.03 Å². The third-order valence-corrected chi connectivity index (χ3v) is 3.99. The van der Waals surface area contributed by atoms with Crippen molar-refractivity contribution in [1.29, 1.82) is 0 Å². The van der Waals surface area contributed by atoms with Crippen molar-refractivity contribution < 1.29 is 9.53 Å². The third kappa shape index (κ3) is 5.18. The van der Waals surface area contributed by atoms with Gasteiger partial charge in [-0.3, -0.25) is 4.68 Å². The molecule has 0 spiro atoms. The molecule has 8 heteroatoms. The molecule has 0 bridgehead atoms. The second kappa shape index (κ2) is 8.48. The molecule has 1 fully saturated rings. The zero-order valence-corrected chi connectivity index (χ0v) is 14.4. The molecule has 0 radical (unpaired) electrons. The van der Waals surface area contributed by atoms with E-state index in [1.807, 2.05) is 31.3 Å². The molecular weight excluding hydrogens is 320 g/mol. The van der Waals surface area contributed by atoms with Crippen LogP contribution >= 0.6 is 0 Å². The maximum Gasteiger partial charge on any atom is 0.315 e. The lowest BCUT2D eigenvalue weighted by Crippen LogP contribution is -2.42. The summed E-state index contributed by atoms with van der Waals surface area (Å²) in [5.41, 5.74) is 0.965. The van der Waals surface area contributed by atoms with E-state index in [2.05, 4.69) is 25.6 Å². The first kappa shape index (κ1) is 17.2. The number of ether oxygens (including phenoxy) is 1. The molecule has 2 N–H and O–H groups in total. The summed E-state index contributed by atoms with van der Waals surface area (Å²) in [6.07, 6.45) is 5.40. The van der Waals surface area contributed by atoms with Crippen molar-refractivity contribution in [2.75, 3.05) is 31.2 Å². The van der Waals surface area contributed by atoms with Crippen LogP contribution in [0.15, 0.2) is 36.8 Å². The Kier molecular flexibility index (Phi) is 5.84. The van der Waals surface area contributed by atoms with E-state index in [-0.39, 0.29) is 12.1 Å².